The maximum Gasteiger partial charge on any atom is 0.227 e. The lowest BCUT2D eigenvalue weighted by molar-refractivity contribution is -0.129. The van der Waals surface area contributed by atoms with E-state index in [0.717, 1.165) is 17.7 Å². The summed E-state index contributed by atoms with van der Waals surface area (Å²) in [5, 5.41) is 0. The van der Waals surface area contributed by atoms with Crippen LogP contribution < -0.4 is 0 Å². The predicted octanol–water partition coefficient (Wildman–Crippen LogP) is 4.06. The molecule has 0 unspecified atom stereocenters. The van der Waals surface area contributed by atoms with Crippen molar-refractivity contribution >= 4 is 5.91 Å². The van der Waals surface area contributed by atoms with Crippen molar-refractivity contribution in [2.45, 2.75) is 47.0 Å². The van der Waals surface area contributed by atoms with Gasteiger partial charge in [-0.15, -0.1) is 0 Å². The lowest BCUT2D eigenvalue weighted by Gasteiger charge is -2.30. The fourth-order valence-electron chi connectivity index (χ4n) is 1.74. The van der Waals surface area contributed by atoms with Gasteiger partial charge in [0.15, 0.2) is 0 Å². The highest BCUT2D eigenvalue weighted by molar-refractivity contribution is 5.81. The summed E-state index contributed by atoms with van der Waals surface area (Å²) < 4.78 is 0. The van der Waals surface area contributed by atoms with E-state index in [4.69, 9.17) is 0 Å². The van der Waals surface area contributed by atoms with Gasteiger partial charge in [0, 0.05) is 18.7 Å². The summed E-state index contributed by atoms with van der Waals surface area (Å²) >= 11 is 0. The Hall–Kier alpha value is -1.31. The first kappa shape index (κ1) is 15.7. The minimum atomic E-state index is 0.179. The SMILES string of the molecule is C=C/C(C)=C1/CCC(=O)N(CC)C1=C.CCC. The fourth-order valence-corrected chi connectivity index (χ4v) is 1.74. The van der Waals surface area contributed by atoms with Crippen LogP contribution in [-0.4, -0.2) is 17.4 Å². The van der Waals surface area contributed by atoms with Crippen molar-refractivity contribution in [1.82, 2.24) is 4.90 Å². The van der Waals surface area contributed by atoms with Crippen molar-refractivity contribution in [3.05, 3.63) is 36.1 Å². The third-order valence-corrected chi connectivity index (χ3v) is 2.66. The molecule has 1 amide bonds. The number of nitrogens with zero attached hydrogens (tertiary/aromatic N) is 1. The summed E-state index contributed by atoms with van der Waals surface area (Å²) in [5.74, 6) is 0.179. The molecule has 2 nitrogen and oxygen atoms in total. The molecular formula is C15H25NO. The van der Waals surface area contributed by atoms with Crippen LogP contribution in [0.2, 0.25) is 0 Å². The molecule has 2 heteroatoms. The molecule has 0 spiro atoms. The van der Waals surface area contributed by atoms with E-state index in [-0.39, 0.29) is 5.91 Å². The van der Waals surface area contributed by atoms with Gasteiger partial charge >= 0.3 is 0 Å². The Bertz CT molecular complexity index is 326. The van der Waals surface area contributed by atoms with E-state index in [1.165, 1.54) is 12.0 Å². The van der Waals surface area contributed by atoms with Crippen LogP contribution in [0, 0.1) is 0 Å². The van der Waals surface area contributed by atoms with Crippen LogP contribution in [-0.2, 0) is 4.79 Å². The summed E-state index contributed by atoms with van der Waals surface area (Å²) in [4.78, 5) is 13.3. The molecule has 1 aliphatic heterocycles. The lowest BCUT2D eigenvalue weighted by atomic mass is 9.96. The smallest absolute Gasteiger partial charge is 0.227 e. The zero-order valence-electron chi connectivity index (χ0n) is 11.7. The number of rotatable bonds is 2. The number of likely N-dealkylation sites (N-methyl/N-ethyl adjacent to an activating group) is 1. The molecule has 1 aliphatic rings. The van der Waals surface area contributed by atoms with Gasteiger partial charge in [0.2, 0.25) is 5.91 Å². The number of carbonyl (C=O) groups excluding carboxylic acids is 1. The van der Waals surface area contributed by atoms with Crippen LogP contribution in [0.1, 0.15) is 47.0 Å². The van der Waals surface area contributed by atoms with Gasteiger partial charge in [0.25, 0.3) is 0 Å². The standard InChI is InChI=1S/C12H17NO.C3H8/c1-5-9(3)11-7-8-12(14)13(6-2)10(11)4;1-3-2/h5H,1,4,6-8H2,2-3H3;3H2,1-2H3/b11-9-;. The third-order valence-electron chi connectivity index (χ3n) is 2.66. The van der Waals surface area contributed by atoms with Crippen LogP contribution in [0.25, 0.3) is 0 Å². The highest BCUT2D eigenvalue weighted by atomic mass is 16.2. The number of carbonyl (C=O) groups is 1. The first-order valence-electron chi connectivity index (χ1n) is 6.35. The van der Waals surface area contributed by atoms with Crippen molar-refractivity contribution in [3.63, 3.8) is 0 Å². The monoisotopic (exact) mass is 235 g/mol. The Balaban J connectivity index is 0.000000770. The van der Waals surface area contributed by atoms with Gasteiger partial charge in [0.1, 0.15) is 0 Å². The Labute approximate surface area is 106 Å². The maximum absolute atomic E-state index is 11.5. The molecule has 0 radical (unpaired) electrons. The topological polar surface area (TPSA) is 20.3 Å². The molecule has 0 aromatic heterocycles. The van der Waals surface area contributed by atoms with Gasteiger partial charge < -0.3 is 4.90 Å². The van der Waals surface area contributed by atoms with Gasteiger partial charge in [-0.05, 0) is 31.4 Å². The number of allylic oxidation sites excluding steroid dienone is 3. The molecule has 0 saturated carbocycles. The van der Waals surface area contributed by atoms with Gasteiger partial charge in [0.05, 0.1) is 0 Å². The summed E-state index contributed by atoms with van der Waals surface area (Å²) in [6.45, 7) is 16.6. The quantitative estimate of drug-likeness (QED) is 0.706. The molecule has 1 fully saturated rings. The Morgan fingerprint density at radius 1 is 1.35 bits per heavy atom. The summed E-state index contributed by atoms with van der Waals surface area (Å²) in [5.41, 5.74) is 3.14. The van der Waals surface area contributed by atoms with E-state index in [1.54, 1.807) is 4.90 Å². The fraction of sp³-hybridized carbons (Fsp3) is 0.533. The molecule has 1 saturated heterocycles. The second-order valence-electron chi connectivity index (χ2n) is 4.16. The molecule has 0 aromatic carbocycles. The number of amides is 1. The van der Waals surface area contributed by atoms with E-state index >= 15 is 0 Å². The van der Waals surface area contributed by atoms with Crippen LogP contribution in [0.3, 0.4) is 0 Å². The van der Waals surface area contributed by atoms with Gasteiger partial charge in [-0.25, -0.2) is 0 Å². The first-order valence-corrected chi connectivity index (χ1v) is 6.35. The summed E-state index contributed by atoms with van der Waals surface area (Å²) in [7, 11) is 0. The van der Waals surface area contributed by atoms with Crippen molar-refractivity contribution in [2.24, 2.45) is 0 Å². The zero-order valence-corrected chi connectivity index (χ0v) is 11.7. The molecule has 0 aromatic rings. The van der Waals surface area contributed by atoms with Crippen molar-refractivity contribution in [1.29, 1.82) is 0 Å². The largest absolute Gasteiger partial charge is 0.313 e. The molecule has 0 N–H and O–H groups in total. The Morgan fingerprint density at radius 3 is 2.29 bits per heavy atom. The molecular weight excluding hydrogens is 210 g/mol. The number of likely N-dealkylation sites (tertiary alicyclic amines) is 1. The minimum Gasteiger partial charge on any atom is -0.313 e. The second-order valence-corrected chi connectivity index (χ2v) is 4.16. The summed E-state index contributed by atoms with van der Waals surface area (Å²) in [6, 6.07) is 0. The highest BCUT2D eigenvalue weighted by Gasteiger charge is 2.24. The number of hydrogen-bond acceptors (Lipinski definition) is 1. The average molecular weight is 235 g/mol. The van der Waals surface area contributed by atoms with Gasteiger partial charge in [-0.3, -0.25) is 4.79 Å². The second kappa shape index (κ2) is 7.88. The first-order chi connectivity index (χ1) is 8.03. The van der Waals surface area contributed by atoms with Crippen molar-refractivity contribution in [2.75, 3.05) is 6.54 Å². The van der Waals surface area contributed by atoms with E-state index < -0.39 is 0 Å². The van der Waals surface area contributed by atoms with Crippen molar-refractivity contribution < 1.29 is 4.79 Å². The molecule has 0 bridgehead atoms. The van der Waals surface area contributed by atoms with E-state index in [0.29, 0.717) is 13.0 Å². The molecule has 17 heavy (non-hydrogen) atoms. The minimum absolute atomic E-state index is 0.179. The Kier molecular flexibility index (Phi) is 7.27. The van der Waals surface area contributed by atoms with Gasteiger partial charge in [-0.2, -0.15) is 0 Å². The molecule has 1 rings (SSSR count). The third kappa shape index (κ3) is 4.22. The summed E-state index contributed by atoms with van der Waals surface area (Å²) in [6.07, 6.45) is 4.46. The van der Waals surface area contributed by atoms with E-state index in [9.17, 15) is 4.79 Å². The van der Waals surface area contributed by atoms with Crippen molar-refractivity contribution in [3.8, 4) is 0 Å². The van der Waals surface area contributed by atoms with E-state index in [1.807, 2.05) is 19.9 Å². The maximum atomic E-state index is 11.5. The predicted molar refractivity (Wildman–Crippen MR) is 74.6 cm³/mol. The average Bonchev–Trinajstić information content (AvgIpc) is 2.30. The Morgan fingerprint density at radius 2 is 1.88 bits per heavy atom. The number of piperidine rings is 1. The van der Waals surface area contributed by atoms with Crippen LogP contribution >= 0.6 is 0 Å². The zero-order chi connectivity index (χ0) is 13.4. The molecule has 0 atom stereocenters. The lowest BCUT2D eigenvalue weighted by Crippen LogP contribution is -2.34. The highest BCUT2D eigenvalue weighted by Crippen LogP contribution is 2.28. The van der Waals surface area contributed by atoms with Crippen LogP contribution in [0.15, 0.2) is 36.1 Å². The van der Waals surface area contributed by atoms with E-state index in [2.05, 4.69) is 27.0 Å². The number of hydrogen-bond donors (Lipinski definition) is 0. The van der Waals surface area contributed by atoms with Gasteiger partial charge in [-0.1, -0.05) is 39.5 Å². The van der Waals surface area contributed by atoms with Crippen LogP contribution in [0.5, 0.6) is 0 Å². The molecule has 96 valence electrons. The normalized spacial score (nSPS) is 18.5. The molecule has 0 aliphatic carbocycles. The van der Waals surface area contributed by atoms with Crippen LogP contribution in [0.4, 0.5) is 0 Å². The molecule has 1 heterocycles.